The molecule has 110 valence electrons. The van der Waals surface area contributed by atoms with Crippen LogP contribution in [0, 0.1) is 5.82 Å². The molecule has 21 heavy (non-hydrogen) atoms. The number of halogens is 5. The van der Waals surface area contributed by atoms with Crippen molar-refractivity contribution in [1.82, 2.24) is 4.98 Å². The Morgan fingerprint density at radius 2 is 1.95 bits per heavy atom. The number of hydrogen-bond donors (Lipinski definition) is 0. The summed E-state index contributed by atoms with van der Waals surface area (Å²) < 4.78 is 51.6. The highest BCUT2D eigenvalue weighted by Crippen LogP contribution is 2.32. The third-order valence-electron chi connectivity index (χ3n) is 2.81. The van der Waals surface area contributed by atoms with Gasteiger partial charge in [-0.25, -0.2) is 4.39 Å². The average molecular weight is 318 g/mol. The van der Waals surface area contributed by atoms with Crippen molar-refractivity contribution in [2.75, 3.05) is 0 Å². The molecule has 2 rings (SSSR count). The van der Waals surface area contributed by atoms with Gasteiger partial charge in [-0.1, -0.05) is 17.7 Å². The zero-order valence-corrected chi connectivity index (χ0v) is 11.2. The van der Waals surface area contributed by atoms with E-state index >= 15 is 0 Å². The number of carbonyl (C=O) groups excluding carboxylic acids is 1. The van der Waals surface area contributed by atoms with Crippen LogP contribution in [0.4, 0.5) is 17.6 Å². The van der Waals surface area contributed by atoms with Crippen LogP contribution in [-0.2, 0) is 12.6 Å². The van der Waals surface area contributed by atoms with Crippen molar-refractivity contribution in [2.24, 2.45) is 0 Å². The predicted octanol–water partition coefficient (Wildman–Crippen LogP) is 4.32. The van der Waals surface area contributed by atoms with Crippen molar-refractivity contribution in [1.29, 1.82) is 0 Å². The Labute approximate surface area is 122 Å². The molecule has 0 unspecified atom stereocenters. The molecule has 0 bridgehead atoms. The Morgan fingerprint density at radius 1 is 1.24 bits per heavy atom. The Bertz CT molecular complexity index is 685. The molecule has 1 heterocycles. The monoisotopic (exact) mass is 317 g/mol. The molecule has 0 aliphatic carbocycles. The summed E-state index contributed by atoms with van der Waals surface area (Å²) in [4.78, 5) is 15.7. The number of aromatic nitrogens is 1. The summed E-state index contributed by atoms with van der Waals surface area (Å²) in [6, 6.07) is 4.05. The fourth-order valence-electron chi connectivity index (χ4n) is 1.78. The third-order valence-corrected chi connectivity index (χ3v) is 3.15. The van der Waals surface area contributed by atoms with Gasteiger partial charge in [0, 0.05) is 18.8 Å². The lowest BCUT2D eigenvalue weighted by Gasteiger charge is -2.10. The van der Waals surface area contributed by atoms with Crippen LogP contribution in [0.5, 0.6) is 0 Å². The molecule has 0 radical (unpaired) electrons. The van der Waals surface area contributed by atoms with Gasteiger partial charge in [0.1, 0.15) is 5.82 Å². The first-order valence-electron chi connectivity index (χ1n) is 5.78. The topological polar surface area (TPSA) is 30.0 Å². The standard InChI is InChI=1S/C14H8ClF4NO/c15-11-7-20-5-4-8(11)6-12(21)9-2-1-3-10(13(9)16)14(17,18)19/h1-5,7H,6H2. The largest absolute Gasteiger partial charge is 0.419 e. The Kier molecular flexibility index (Phi) is 4.27. The zero-order valence-electron chi connectivity index (χ0n) is 10.4. The number of ketones is 1. The van der Waals surface area contributed by atoms with E-state index in [4.69, 9.17) is 11.6 Å². The van der Waals surface area contributed by atoms with Gasteiger partial charge in [-0.15, -0.1) is 0 Å². The predicted molar refractivity (Wildman–Crippen MR) is 68.7 cm³/mol. The molecule has 0 spiro atoms. The van der Waals surface area contributed by atoms with Crippen LogP contribution in [0.25, 0.3) is 0 Å². The van der Waals surface area contributed by atoms with Crippen molar-refractivity contribution in [3.63, 3.8) is 0 Å². The fourth-order valence-corrected chi connectivity index (χ4v) is 1.97. The third kappa shape index (κ3) is 3.39. The second kappa shape index (κ2) is 5.81. The molecule has 0 amide bonds. The van der Waals surface area contributed by atoms with E-state index in [2.05, 4.69) is 4.98 Å². The lowest BCUT2D eigenvalue weighted by atomic mass is 10.0. The first kappa shape index (κ1) is 15.4. The van der Waals surface area contributed by atoms with Crippen molar-refractivity contribution in [2.45, 2.75) is 12.6 Å². The van der Waals surface area contributed by atoms with E-state index in [9.17, 15) is 22.4 Å². The Hall–Kier alpha value is -1.95. The molecule has 0 atom stereocenters. The molecule has 1 aromatic carbocycles. The highest BCUT2D eigenvalue weighted by molar-refractivity contribution is 6.31. The van der Waals surface area contributed by atoms with E-state index in [1.54, 1.807) is 0 Å². The van der Waals surface area contributed by atoms with E-state index in [1.165, 1.54) is 18.5 Å². The molecule has 0 fully saturated rings. The SMILES string of the molecule is O=C(Cc1ccncc1Cl)c1cccc(C(F)(F)F)c1F. The van der Waals surface area contributed by atoms with Crippen LogP contribution in [0.1, 0.15) is 21.5 Å². The number of Topliss-reactive ketones (excluding diaryl/α,β-unsaturated/α-hetero) is 1. The summed E-state index contributed by atoms with van der Waals surface area (Å²) in [6.07, 6.45) is -2.47. The molecular weight excluding hydrogens is 310 g/mol. The molecule has 0 N–H and O–H groups in total. The molecule has 0 aliphatic rings. The second-order valence-corrected chi connectivity index (χ2v) is 4.64. The van der Waals surface area contributed by atoms with Crippen LogP contribution in [0.15, 0.2) is 36.7 Å². The maximum absolute atomic E-state index is 13.8. The lowest BCUT2D eigenvalue weighted by molar-refractivity contribution is -0.140. The minimum atomic E-state index is -4.85. The molecular formula is C14H8ClF4NO. The Balaban J connectivity index is 2.35. The smallest absolute Gasteiger partial charge is 0.294 e. The number of alkyl halides is 3. The number of carbonyl (C=O) groups is 1. The zero-order chi connectivity index (χ0) is 15.6. The van der Waals surface area contributed by atoms with Gasteiger partial charge >= 0.3 is 6.18 Å². The first-order chi connectivity index (χ1) is 9.80. The summed E-state index contributed by atoms with van der Waals surface area (Å²) >= 11 is 5.81. The minimum Gasteiger partial charge on any atom is -0.294 e. The highest BCUT2D eigenvalue weighted by Gasteiger charge is 2.35. The molecule has 2 aromatic rings. The number of nitrogens with zero attached hydrogens (tertiary/aromatic N) is 1. The fraction of sp³-hybridized carbons (Fsp3) is 0.143. The van der Waals surface area contributed by atoms with Gasteiger partial charge in [-0.3, -0.25) is 9.78 Å². The second-order valence-electron chi connectivity index (χ2n) is 4.23. The van der Waals surface area contributed by atoms with Crippen LogP contribution in [0.2, 0.25) is 5.02 Å². The number of benzene rings is 1. The molecule has 2 nitrogen and oxygen atoms in total. The highest BCUT2D eigenvalue weighted by atomic mass is 35.5. The van der Waals surface area contributed by atoms with Gasteiger partial charge in [0.25, 0.3) is 0 Å². The summed E-state index contributed by atoms with van der Waals surface area (Å²) in [7, 11) is 0. The van der Waals surface area contributed by atoms with Crippen molar-refractivity contribution < 1.29 is 22.4 Å². The summed E-state index contributed by atoms with van der Waals surface area (Å²) in [5.41, 5.74) is -1.71. The normalized spacial score (nSPS) is 11.5. The summed E-state index contributed by atoms with van der Waals surface area (Å²) in [5, 5.41) is 0.193. The van der Waals surface area contributed by atoms with Crippen molar-refractivity contribution >= 4 is 17.4 Å². The quantitative estimate of drug-likeness (QED) is 0.623. The molecule has 0 saturated carbocycles. The summed E-state index contributed by atoms with van der Waals surface area (Å²) in [6.45, 7) is 0. The Morgan fingerprint density at radius 3 is 2.57 bits per heavy atom. The molecule has 0 saturated heterocycles. The number of rotatable bonds is 3. The van der Waals surface area contributed by atoms with Crippen LogP contribution in [-0.4, -0.2) is 10.8 Å². The van der Waals surface area contributed by atoms with Crippen LogP contribution >= 0.6 is 11.6 Å². The van der Waals surface area contributed by atoms with E-state index in [0.29, 0.717) is 11.6 Å². The van der Waals surface area contributed by atoms with E-state index in [-0.39, 0.29) is 11.4 Å². The van der Waals surface area contributed by atoms with E-state index < -0.39 is 28.9 Å². The average Bonchev–Trinajstić information content (AvgIpc) is 2.40. The van der Waals surface area contributed by atoms with Gasteiger partial charge in [-0.2, -0.15) is 13.2 Å². The number of pyridine rings is 1. The number of hydrogen-bond acceptors (Lipinski definition) is 2. The van der Waals surface area contributed by atoms with Crippen LogP contribution < -0.4 is 0 Å². The van der Waals surface area contributed by atoms with Crippen LogP contribution in [0.3, 0.4) is 0 Å². The van der Waals surface area contributed by atoms with Gasteiger partial charge in [0.2, 0.25) is 0 Å². The van der Waals surface area contributed by atoms with Crippen molar-refractivity contribution in [3.05, 3.63) is 64.2 Å². The van der Waals surface area contributed by atoms with Gasteiger partial charge in [0.15, 0.2) is 5.78 Å². The minimum absolute atomic E-state index is 0.193. The summed E-state index contributed by atoms with van der Waals surface area (Å²) in [5.74, 6) is -2.35. The first-order valence-corrected chi connectivity index (χ1v) is 6.16. The van der Waals surface area contributed by atoms with Gasteiger partial charge < -0.3 is 0 Å². The lowest BCUT2D eigenvalue weighted by Crippen LogP contribution is -2.13. The molecule has 7 heteroatoms. The van der Waals surface area contributed by atoms with Crippen molar-refractivity contribution in [3.8, 4) is 0 Å². The van der Waals surface area contributed by atoms with E-state index in [1.807, 2.05) is 0 Å². The maximum Gasteiger partial charge on any atom is 0.419 e. The van der Waals surface area contributed by atoms with E-state index in [0.717, 1.165) is 12.1 Å². The van der Waals surface area contributed by atoms with Gasteiger partial charge in [-0.05, 0) is 23.8 Å². The molecule has 1 aromatic heterocycles. The van der Waals surface area contributed by atoms with Gasteiger partial charge in [0.05, 0.1) is 16.1 Å². The maximum atomic E-state index is 13.8. The molecule has 0 aliphatic heterocycles.